The summed E-state index contributed by atoms with van der Waals surface area (Å²) in [6, 6.07) is 10.3. The molecule has 0 aromatic carbocycles. The summed E-state index contributed by atoms with van der Waals surface area (Å²) < 4.78 is 12.9. The maximum Gasteiger partial charge on any atom is 0.214 e. The van der Waals surface area contributed by atoms with Gasteiger partial charge in [-0.15, -0.1) is 0 Å². The van der Waals surface area contributed by atoms with Crippen LogP contribution >= 0.6 is 0 Å². The number of nitrogens with one attached hydrogen (secondary N) is 1. The molecule has 1 atom stereocenters. The Morgan fingerprint density at radius 1 is 1.19 bits per heavy atom. The van der Waals surface area contributed by atoms with Crippen LogP contribution in [0.2, 0.25) is 0 Å². The topological polar surface area (TPSA) is 37.8 Å². The van der Waals surface area contributed by atoms with Crippen molar-refractivity contribution in [1.29, 1.82) is 0 Å². The molecule has 82 valence electrons. The minimum Gasteiger partial charge on any atom is -0.362 e. The van der Waals surface area contributed by atoms with E-state index in [4.69, 9.17) is 0 Å². The van der Waals surface area contributed by atoms with E-state index in [1.165, 1.54) is 6.07 Å². The van der Waals surface area contributed by atoms with E-state index in [0.29, 0.717) is 5.82 Å². The van der Waals surface area contributed by atoms with Crippen LogP contribution in [0.3, 0.4) is 0 Å². The first-order chi connectivity index (χ1) is 7.75. The summed E-state index contributed by atoms with van der Waals surface area (Å²) >= 11 is 0. The van der Waals surface area contributed by atoms with Crippen molar-refractivity contribution in [3.8, 4) is 0 Å². The van der Waals surface area contributed by atoms with Crippen LogP contribution in [0, 0.1) is 5.95 Å². The fourth-order valence-corrected chi connectivity index (χ4v) is 1.42. The zero-order chi connectivity index (χ0) is 11.4. The molecule has 0 saturated heterocycles. The van der Waals surface area contributed by atoms with Gasteiger partial charge in [-0.05, 0) is 31.2 Å². The summed E-state index contributed by atoms with van der Waals surface area (Å²) in [4.78, 5) is 7.95. The Hall–Kier alpha value is -1.97. The molecule has 0 radical (unpaired) electrons. The highest BCUT2D eigenvalue weighted by Crippen LogP contribution is 2.15. The zero-order valence-corrected chi connectivity index (χ0v) is 8.89. The maximum atomic E-state index is 12.9. The minimum atomic E-state index is -0.488. The van der Waals surface area contributed by atoms with Gasteiger partial charge in [0.05, 0.1) is 11.7 Å². The lowest BCUT2D eigenvalue weighted by Crippen LogP contribution is -2.09. The first kappa shape index (κ1) is 10.5. The van der Waals surface area contributed by atoms with Crippen LogP contribution in [0.4, 0.5) is 10.2 Å². The van der Waals surface area contributed by atoms with Gasteiger partial charge in [-0.3, -0.25) is 4.98 Å². The lowest BCUT2D eigenvalue weighted by Gasteiger charge is -2.13. The molecule has 1 N–H and O–H groups in total. The molecular weight excluding hydrogens is 205 g/mol. The average molecular weight is 217 g/mol. The number of hydrogen-bond donors (Lipinski definition) is 1. The van der Waals surface area contributed by atoms with E-state index in [2.05, 4.69) is 15.3 Å². The molecule has 0 aliphatic heterocycles. The molecule has 16 heavy (non-hydrogen) atoms. The Bertz CT molecular complexity index is 459. The third-order valence-electron chi connectivity index (χ3n) is 2.21. The number of nitrogens with zero attached hydrogens (tertiary/aromatic N) is 2. The van der Waals surface area contributed by atoms with Crippen molar-refractivity contribution in [2.24, 2.45) is 0 Å². The summed E-state index contributed by atoms with van der Waals surface area (Å²) in [5, 5.41) is 3.09. The van der Waals surface area contributed by atoms with Crippen LogP contribution in [0.5, 0.6) is 0 Å². The predicted molar refractivity (Wildman–Crippen MR) is 60.5 cm³/mol. The van der Waals surface area contributed by atoms with Crippen molar-refractivity contribution in [3.63, 3.8) is 0 Å². The third-order valence-corrected chi connectivity index (χ3v) is 2.21. The summed E-state index contributed by atoms with van der Waals surface area (Å²) in [7, 11) is 0. The van der Waals surface area contributed by atoms with Crippen molar-refractivity contribution >= 4 is 5.82 Å². The van der Waals surface area contributed by atoms with Crippen LogP contribution in [0.15, 0.2) is 42.6 Å². The molecule has 4 heteroatoms. The number of anilines is 1. The largest absolute Gasteiger partial charge is 0.362 e. The van der Waals surface area contributed by atoms with Crippen molar-refractivity contribution in [1.82, 2.24) is 9.97 Å². The van der Waals surface area contributed by atoms with Gasteiger partial charge in [-0.2, -0.15) is 4.39 Å². The van der Waals surface area contributed by atoms with E-state index in [0.717, 1.165) is 5.69 Å². The summed E-state index contributed by atoms with van der Waals surface area (Å²) in [5.74, 6) is 0.0244. The molecule has 2 heterocycles. The number of rotatable bonds is 3. The molecule has 0 bridgehead atoms. The van der Waals surface area contributed by atoms with Gasteiger partial charge in [-0.1, -0.05) is 12.1 Å². The van der Waals surface area contributed by atoms with E-state index in [-0.39, 0.29) is 6.04 Å². The number of halogens is 1. The average Bonchev–Trinajstić information content (AvgIpc) is 2.30. The quantitative estimate of drug-likeness (QED) is 0.803. The van der Waals surface area contributed by atoms with Crippen LogP contribution < -0.4 is 5.32 Å². The van der Waals surface area contributed by atoms with Crippen molar-refractivity contribution in [3.05, 3.63) is 54.2 Å². The Balaban J connectivity index is 2.11. The Morgan fingerprint density at radius 3 is 2.75 bits per heavy atom. The van der Waals surface area contributed by atoms with Crippen molar-refractivity contribution in [2.75, 3.05) is 5.32 Å². The molecule has 0 amide bonds. The second-order valence-electron chi connectivity index (χ2n) is 3.47. The molecular formula is C12H12FN3. The summed E-state index contributed by atoms with van der Waals surface area (Å²) in [6.07, 6.45) is 1.73. The first-order valence-electron chi connectivity index (χ1n) is 5.06. The highest BCUT2D eigenvalue weighted by molar-refractivity contribution is 5.36. The number of aromatic nitrogens is 2. The molecule has 2 rings (SSSR count). The van der Waals surface area contributed by atoms with Crippen LogP contribution in [-0.2, 0) is 0 Å². The van der Waals surface area contributed by atoms with E-state index in [1.54, 1.807) is 18.3 Å². The van der Waals surface area contributed by atoms with E-state index < -0.39 is 5.95 Å². The lowest BCUT2D eigenvalue weighted by molar-refractivity contribution is 0.584. The van der Waals surface area contributed by atoms with Crippen LogP contribution in [0.25, 0.3) is 0 Å². The van der Waals surface area contributed by atoms with Gasteiger partial charge in [-0.25, -0.2) is 4.98 Å². The Morgan fingerprint density at radius 2 is 2.06 bits per heavy atom. The lowest BCUT2D eigenvalue weighted by atomic mass is 10.2. The van der Waals surface area contributed by atoms with Gasteiger partial charge in [0.2, 0.25) is 5.95 Å². The van der Waals surface area contributed by atoms with E-state index in [1.807, 2.05) is 25.1 Å². The number of pyridine rings is 2. The van der Waals surface area contributed by atoms with Crippen molar-refractivity contribution in [2.45, 2.75) is 13.0 Å². The molecule has 0 aliphatic rings. The Kier molecular flexibility index (Phi) is 3.10. The van der Waals surface area contributed by atoms with Crippen molar-refractivity contribution < 1.29 is 4.39 Å². The monoisotopic (exact) mass is 217 g/mol. The second kappa shape index (κ2) is 4.70. The van der Waals surface area contributed by atoms with Gasteiger partial charge in [0.25, 0.3) is 0 Å². The van der Waals surface area contributed by atoms with Gasteiger partial charge < -0.3 is 5.32 Å². The fraction of sp³-hybridized carbons (Fsp3) is 0.167. The highest BCUT2D eigenvalue weighted by atomic mass is 19.1. The Labute approximate surface area is 93.4 Å². The molecule has 0 spiro atoms. The molecule has 0 fully saturated rings. The smallest absolute Gasteiger partial charge is 0.214 e. The molecule has 0 aliphatic carbocycles. The first-order valence-corrected chi connectivity index (χ1v) is 5.06. The third kappa shape index (κ3) is 2.53. The minimum absolute atomic E-state index is 0.00417. The normalized spacial score (nSPS) is 12.1. The predicted octanol–water partition coefficient (Wildman–Crippen LogP) is 2.79. The number of hydrogen-bond acceptors (Lipinski definition) is 3. The summed E-state index contributed by atoms with van der Waals surface area (Å²) in [6.45, 7) is 1.95. The molecule has 0 saturated carbocycles. The van der Waals surface area contributed by atoms with E-state index in [9.17, 15) is 4.39 Å². The molecule has 2 aromatic rings. The fourth-order valence-electron chi connectivity index (χ4n) is 1.42. The zero-order valence-electron chi connectivity index (χ0n) is 8.89. The standard InChI is InChI=1S/C12H12FN3/c1-9(10-5-2-3-8-14-10)15-12-7-4-6-11(13)16-12/h2-9H,1H3,(H,15,16). The van der Waals surface area contributed by atoms with Gasteiger partial charge >= 0.3 is 0 Å². The maximum absolute atomic E-state index is 12.9. The van der Waals surface area contributed by atoms with Gasteiger partial charge in [0, 0.05) is 6.20 Å². The molecule has 1 unspecified atom stereocenters. The summed E-state index contributed by atoms with van der Waals surface area (Å²) in [5.41, 5.74) is 0.897. The molecule has 2 aromatic heterocycles. The van der Waals surface area contributed by atoms with Gasteiger partial charge in [0.15, 0.2) is 0 Å². The van der Waals surface area contributed by atoms with E-state index >= 15 is 0 Å². The second-order valence-corrected chi connectivity index (χ2v) is 3.47. The SMILES string of the molecule is CC(Nc1cccc(F)n1)c1ccccn1. The van der Waals surface area contributed by atoms with Gasteiger partial charge in [0.1, 0.15) is 5.82 Å². The van der Waals surface area contributed by atoms with Crippen LogP contribution in [0.1, 0.15) is 18.7 Å². The molecule has 3 nitrogen and oxygen atoms in total. The highest BCUT2D eigenvalue weighted by Gasteiger charge is 2.06. The van der Waals surface area contributed by atoms with Crippen LogP contribution in [-0.4, -0.2) is 9.97 Å².